The van der Waals surface area contributed by atoms with Crippen LogP contribution < -0.4 is 5.73 Å². The molecule has 0 amide bonds. The minimum Gasteiger partial charge on any atom is -0.507 e. The Morgan fingerprint density at radius 2 is 1.59 bits per heavy atom. The predicted octanol–water partition coefficient (Wildman–Crippen LogP) is 2.55. The van der Waals surface area contributed by atoms with Gasteiger partial charge in [0.05, 0.1) is 48.3 Å². The summed E-state index contributed by atoms with van der Waals surface area (Å²) in [4.78, 5) is 52.8. The SMILES string of the molecule is CC[C@@]1(O)C[C@H](OC2CC(N)C(OC3CC(O)C(OC4CCC(=O)C(C)O4)C(C)O3)C(C)O2)c2c(cc3c(c2O)C(=O)c2c(O)cccc2C3=O)[C@H]1C(=O)OC. The number of ketones is 3. The molecule has 10 unspecified atom stereocenters. The van der Waals surface area contributed by atoms with Crippen LogP contribution in [0.4, 0.5) is 0 Å². The number of rotatable bonds is 8. The summed E-state index contributed by atoms with van der Waals surface area (Å²) >= 11 is 0. The predicted molar refractivity (Wildman–Crippen MR) is 192 cm³/mol. The number of benzene rings is 2. The van der Waals surface area contributed by atoms with Crippen molar-refractivity contribution in [2.75, 3.05) is 7.11 Å². The quantitative estimate of drug-likeness (QED) is 0.206. The molecule has 3 saturated heterocycles. The van der Waals surface area contributed by atoms with Gasteiger partial charge < -0.3 is 59.3 Å². The molecule has 0 bridgehead atoms. The molecule has 3 fully saturated rings. The van der Waals surface area contributed by atoms with Crippen LogP contribution in [-0.4, -0.2) is 118 Å². The van der Waals surface area contributed by atoms with E-state index in [4.69, 9.17) is 38.9 Å². The van der Waals surface area contributed by atoms with Crippen molar-refractivity contribution in [1.82, 2.24) is 0 Å². The highest BCUT2D eigenvalue weighted by atomic mass is 16.7. The Labute approximate surface area is 323 Å². The molecule has 3 heterocycles. The van der Waals surface area contributed by atoms with E-state index in [-0.39, 0.29) is 64.8 Å². The fraction of sp³-hybridized carbons (Fsp3) is 0.600. The number of carbonyl (C=O) groups is 4. The second-order valence-corrected chi connectivity index (χ2v) is 15.4. The highest BCUT2D eigenvalue weighted by Crippen LogP contribution is 2.54. The first-order valence-electron chi connectivity index (χ1n) is 19.1. The lowest BCUT2D eigenvalue weighted by Crippen LogP contribution is -2.57. The molecular formula is C40H49NO15. The molecule has 6 N–H and O–H groups in total. The van der Waals surface area contributed by atoms with Crippen LogP contribution in [0.1, 0.15) is 121 Å². The number of nitrogens with two attached hydrogens (primary N) is 1. The number of aromatic hydroxyl groups is 2. The van der Waals surface area contributed by atoms with Crippen molar-refractivity contribution in [3.8, 4) is 11.5 Å². The van der Waals surface area contributed by atoms with Gasteiger partial charge in [-0.25, -0.2) is 0 Å². The number of hydrogen-bond donors (Lipinski definition) is 5. The lowest BCUT2D eigenvalue weighted by Gasteiger charge is -2.46. The van der Waals surface area contributed by atoms with Crippen molar-refractivity contribution in [1.29, 1.82) is 0 Å². The molecule has 7 rings (SSSR count). The van der Waals surface area contributed by atoms with Gasteiger partial charge in [0.1, 0.15) is 35.7 Å². The highest BCUT2D eigenvalue weighted by molar-refractivity contribution is 6.30. The number of phenolic OH excluding ortho intramolecular Hbond substituents is 2. The molecule has 0 saturated carbocycles. The molecule has 16 heteroatoms. The van der Waals surface area contributed by atoms with E-state index in [1.54, 1.807) is 27.7 Å². The fourth-order valence-electron chi connectivity index (χ4n) is 8.84. The summed E-state index contributed by atoms with van der Waals surface area (Å²) in [6.07, 6.45) is -7.32. The van der Waals surface area contributed by atoms with E-state index < -0.39 is 108 Å². The van der Waals surface area contributed by atoms with Crippen LogP contribution in [-0.2, 0) is 42.7 Å². The van der Waals surface area contributed by atoms with Gasteiger partial charge >= 0.3 is 5.97 Å². The van der Waals surface area contributed by atoms with Crippen LogP contribution in [0.2, 0.25) is 0 Å². The maximum atomic E-state index is 13.8. The lowest BCUT2D eigenvalue weighted by molar-refractivity contribution is -0.319. The van der Waals surface area contributed by atoms with E-state index in [1.807, 2.05) is 0 Å². The van der Waals surface area contributed by atoms with Gasteiger partial charge in [-0.1, -0.05) is 19.1 Å². The van der Waals surface area contributed by atoms with Crippen molar-refractivity contribution < 1.29 is 72.8 Å². The lowest BCUT2D eigenvalue weighted by atomic mass is 9.67. The molecule has 0 aromatic heterocycles. The number of fused-ring (bicyclic) bond motifs is 3. The Morgan fingerprint density at radius 1 is 0.911 bits per heavy atom. The zero-order valence-electron chi connectivity index (χ0n) is 31.8. The first-order chi connectivity index (χ1) is 26.6. The Hall–Kier alpha value is -3.84. The van der Waals surface area contributed by atoms with Crippen LogP contribution in [0, 0.1) is 0 Å². The fourth-order valence-corrected chi connectivity index (χ4v) is 8.84. The molecule has 304 valence electrons. The van der Waals surface area contributed by atoms with E-state index in [2.05, 4.69) is 0 Å². The molecule has 0 spiro atoms. The maximum absolute atomic E-state index is 13.8. The number of carbonyl (C=O) groups excluding carboxylic acids is 4. The number of hydrogen-bond acceptors (Lipinski definition) is 16. The first-order valence-corrected chi connectivity index (χ1v) is 19.1. The van der Waals surface area contributed by atoms with Gasteiger partial charge in [0, 0.05) is 54.8 Å². The maximum Gasteiger partial charge on any atom is 0.316 e. The van der Waals surface area contributed by atoms with Crippen molar-refractivity contribution in [2.45, 2.75) is 145 Å². The Morgan fingerprint density at radius 3 is 2.23 bits per heavy atom. The molecule has 5 aliphatic rings. The van der Waals surface area contributed by atoms with Crippen LogP contribution in [0.25, 0.3) is 0 Å². The standard InChI is InChI=1S/C40H49NO15/c1-6-40(49)15-26(31-20(33(40)39(48)50-5)12-21-32(36(31)47)35(46)30-19(34(21)45)8-7-9-24(30)43)54-28-13-22(41)37(17(3)52-28)56-29-14-25(44)38(18(4)53-29)55-27-11-10-23(42)16(2)51-27/h7-9,12,16-18,22,25-29,33,37-38,43-44,47,49H,6,10-11,13-15,41H2,1-5H3/t16?,17?,18?,22?,25?,26-,27?,28?,29?,33-,37?,38?,40+/m0/s1. The minimum absolute atomic E-state index is 0.00270. The number of Topliss-reactive ketones (excluding diaryl/α,β-unsaturated/α-hetero) is 1. The zero-order valence-corrected chi connectivity index (χ0v) is 31.8. The van der Waals surface area contributed by atoms with E-state index in [0.717, 1.165) is 7.11 Å². The Balaban J connectivity index is 1.10. The summed E-state index contributed by atoms with van der Waals surface area (Å²) in [6.45, 7) is 6.81. The van der Waals surface area contributed by atoms with Crippen molar-refractivity contribution >= 4 is 23.3 Å². The molecule has 16 nitrogen and oxygen atoms in total. The monoisotopic (exact) mass is 783 g/mol. The molecule has 56 heavy (non-hydrogen) atoms. The molecule has 13 atom stereocenters. The van der Waals surface area contributed by atoms with Crippen LogP contribution in [0.3, 0.4) is 0 Å². The van der Waals surface area contributed by atoms with E-state index in [9.17, 15) is 39.6 Å². The van der Waals surface area contributed by atoms with Crippen molar-refractivity contribution in [3.05, 3.63) is 57.6 Å². The van der Waals surface area contributed by atoms with Crippen LogP contribution >= 0.6 is 0 Å². The largest absolute Gasteiger partial charge is 0.507 e. The molecule has 2 aliphatic carbocycles. The van der Waals surface area contributed by atoms with Crippen molar-refractivity contribution in [2.24, 2.45) is 5.73 Å². The van der Waals surface area contributed by atoms with Crippen LogP contribution in [0.15, 0.2) is 24.3 Å². The number of aliphatic hydroxyl groups is 2. The molecule has 2 aromatic carbocycles. The summed E-state index contributed by atoms with van der Waals surface area (Å²) < 4.78 is 41.8. The average molecular weight is 784 g/mol. The van der Waals surface area contributed by atoms with Crippen molar-refractivity contribution in [3.63, 3.8) is 0 Å². The van der Waals surface area contributed by atoms with E-state index in [0.29, 0.717) is 12.8 Å². The molecule has 3 aliphatic heterocycles. The Kier molecular flexibility index (Phi) is 11.2. The van der Waals surface area contributed by atoms with Gasteiger partial charge in [-0.2, -0.15) is 0 Å². The van der Waals surface area contributed by atoms with Gasteiger partial charge in [0.25, 0.3) is 0 Å². The van der Waals surface area contributed by atoms with Gasteiger partial charge in [0.2, 0.25) is 5.78 Å². The summed E-state index contributed by atoms with van der Waals surface area (Å²) in [6, 6.07) is 4.70. The molecule has 2 aromatic rings. The molecular weight excluding hydrogens is 734 g/mol. The third-order valence-electron chi connectivity index (χ3n) is 11.8. The topological polar surface area (TPSA) is 240 Å². The normalized spacial score (nSPS) is 37.0. The summed E-state index contributed by atoms with van der Waals surface area (Å²) in [5.74, 6) is -4.69. The summed E-state index contributed by atoms with van der Waals surface area (Å²) in [5.41, 5.74) is 4.04. The van der Waals surface area contributed by atoms with Crippen LogP contribution in [0.5, 0.6) is 11.5 Å². The molecule has 0 radical (unpaired) electrons. The van der Waals surface area contributed by atoms with E-state index in [1.165, 1.54) is 24.3 Å². The summed E-state index contributed by atoms with van der Waals surface area (Å²) in [7, 11) is 1.16. The first kappa shape index (κ1) is 40.4. The second-order valence-electron chi connectivity index (χ2n) is 15.4. The third-order valence-corrected chi connectivity index (χ3v) is 11.8. The zero-order chi connectivity index (χ0) is 40.4. The van der Waals surface area contributed by atoms with Gasteiger partial charge in [-0.15, -0.1) is 0 Å². The summed E-state index contributed by atoms with van der Waals surface area (Å²) in [5, 5.41) is 45.5. The highest BCUT2D eigenvalue weighted by Gasteiger charge is 2.53. The minimum atomic E-state index is -1.77. The van der Waals surface area contributed by atoms with Gasteiger partial charge in [-0.3, -0.25) is 19.2 Å². The third kappa shape index (κ3) is 7.05. The number of esters is 1. The number of aliphatic hydroxyl groups excluding tert-OH is 1. The average Bonchev–Trinajstić information content (AvgIpc) is 3.14. The number of phenols is 2. The number of methoxy groups -OCH3 is 1. The Bertz CT molecular complexity index is 1880. The smallest absolute Gasteiger partial charge is 0.316 e. The second kappa shape index (κ2) is 15.5. The van der Waals surface area contributed by atoms with E-state index >= 15 is 0 Å². The van der Waals surface area contributed by atoms with Gasteiger partial charge in [0.15, 0.2) is 30.4 Å². The number of ether oxygens (including phenoxy) is 7. The van der Waals surface area contributed by atoms with Gasteiger partial charge in [-0.05, 0) is 44.9 Å².